The Kier molecular flexibility index (Phi) is 7.25. The molecule has 3 rings (SSSR count). The fourth-order valence-electron chi connectivity index (χ4n) is 3.22. The average molecular weight is 367 g/mol. The molecule has 0 unspecified atom stereocenters. The van der Waals surface area contributed by atoms with Gasteiger partial charge in [-0.2, -0.15) is 0 Å². The van der Waals surface area contributed by atoms with E-state index >= 15 is 0 Å². The van der Waals surface area contributed by atoms with Gasteiger partial charge in [-0.1, -0.05) is 42.5 Å². The molecule has 0 spiro atoms. The van der Waals surface area contributed by atoms with Crippen LogP contribution in [-0.2, 0) is 11.3 Å². The maximum absolute atomic E-state index is 12.1. The van der Waals surface area contributed by atoms with E-state index in [2.05, 4.69) is 34.2 Å². The van der Waals surface area contributed by atoms with Crippen LogP contribution in [0.4, 0.5) is 0 Å². The number of hydrogen-bond donors (Lipinski definition) is 1. The van der Waals surface area contributed by atoms with Crippen molar-refractivity contribution in [2.45, 2.75) is 13.5 Å². The molecular weight excluding hydrogens is 338 g/mol. The predicted octanol–water partition coefficient (Wildman–Crippen LogP) is 2.31. The second kappa shape index (κ2) is 10.1. The summed E-state index contributed by atoms with van der Waals surface area (Å²) < 4.78 is 5.84. The summed E-state index contributed by atoms with van der Waals surface area (Å²) in [7, 11) is 0. The molecule has 1 aliphatic heterocycles. The number of aryl methyl sites for hydroxylation is 1. The zero-order valence-electron chi connectivity index (χ0n) is 16.1. The molecule has 2 aromatic carbocycles. The second-order valence-electron chi connectivity index (χ2n) is 7.05. The quantitative estimate of drug-likeness (QED) is 0.778. The van der Waals surface area contributed by atoms with Gasteiger partial charge in [-0.3, -0.25) is 14.6 Å². The van der Waals surface area contributed by atoms with Gasteiger partial charge in [0.25, 0.3) is 0 Å². The molecule has 27 heavy (non-hydrogen) atoms. The van der Waals surface area contributed by atoms with Crippen molar-refractivity contribution in [1.29, 1.82) is 0 Å². The third-order valence-corrected chi connectivity index (χ3v) is 4.83. The first-order valence-electron chi connectivity index (χ1n) is 9.64. The number of ether oxygens (including phenoxy) is 1. The summed E-state index contributed by atoms with van der Waals surface area (Å²) in [6.45, 7) is 8.54. The zero-order valence-corrected chi connectivity index (χ0v) is 16.1. The van der Waals surface area contributed by atoms with Crippen molar-refractivity contribution in [1.82, 2.24) is 15.1 Å². The highest BCUT2D eigenvalue weighted by Crippen LogP contribution is 2.12. The highest BCUT2D eigenvalue weighted by Gasteiger charge is 2.18. The van der Waals surface area contributed by atoms with Crippen molar-refractivity contribution in [2.24, 2.45) is 0 Å². The van der Waals surface area contributed by atoms with E-state index < -0.39 is 0 Å². The predicted molar refractivity (Wildman–Crippen MR) is 108 cm³/mol. The molecule has 0 aliphatic carbocycles. The van der Waals surface area contributed by atoms with Crippen LogP contribution in [0.5, 0.6) is 5.75 Å². The van der Waals surface area contributed by atoms with Crippen molar-refractivity contribution < 1.29 is 9.53 Å². The molecule has 0 radical (unpaired) electrons. The number of carbonyl (C=O) groups is 1. The van der Waals surface area contributed by atoms with Gasteiger partial charge in [-0.25, -0.2) is 0 Å². The molecule has 5 nitrogen and oxygen atoms in total. The molecule has 0 atom stereocenters. The minimum atomic E-state index is 0.0927. The summed E-state index contributed by atoms with van der Waals surface area (Å²) in [5, 5.41) is 3.00. The van der Waals surface area contributed by atoms with E-state index in [1.807, 2.05) is 42.5 Å². The first-order chi connectivity index (χ1) is 13.2. The zero-order chi connectivity index (χ0) is 18.9. The highest BCUT2D eigenvalue weighted by molar-refractivity contribution is 5.78. The van der Waals surface area contributed by atoms with Crippen molar-refractivity contribution in [3.63, 3.8) is 0 Å². The van der Waals surface area contributed by atoms with Gasteiger partial charge in [0.05, 0.1) is 6.54 Å². The Bertz CT molecular complexity index is 713. The SMILES string of the molecule is Cc1cccc(OCCN2CCN(CC(=O)NCc3ccccc3)CC2)c1. The fraction of sp³-hybridized carbons (Fsp3) is 0.409. The summed E-state index contributed by atoms with van der Waals surface area (Å²) >= 11 is 0. The van der Waals surface area contributed by atoms with Crippen molar-refractivity contribution >= 4 is 5.91 Å². The topological polar surface area (TPSA) is 44.8 Å². The van der Waals surface area contributed by atoms with E-state index in [1.165, 1.54) is 5.56 Å². The lowest BCUT2D eigenvalue weighted by molar-refractivity contribution is -0.122. The minimum absolute atomic E-state index is 0.0927. The Morgan fingerprint density at radius 1 is 1.00 bits per heavy atom. The molecule has 5 heteroatoms. The van der Waals surface area contributed by atoms with E-state index in [0.717, 1.165) is 44.0 Å². The Balaban J connectivity index is 1.30. The summed E-state index contributed by atoms with van der Waals surface area (Å²) in [4.78, 5) is 16.8. The smallest absolute Gasteiger partial charge is 0.234 e. The van der Waals surface area contributed by atoms with Gasteiger partial charge in [0.15, 0.2) is 0 Å². The number of hydrogen-bond acceptors (Lipinski definition) is 4. The van der Waals surface area contributed by atoms with E-state index in [-0.39, 0.29) is 5.91 Å². The van der Waals surface area contributed by atoms with Gasteiger partial charge in [0.2, 0.25) is 5.91 Å². The van der Waals surface area contributed by atoms with Crippen LogP contribution in [0, 0.1) is 6.92 Å². The molecule has 1 N–H and O–H groups in total. The Morgan fingerprint density at radius 2 is 1.74 bits per heavy atom. The number of rotatable bonds is 8. The number of nitrogens with zero attached hydrogens (tertiary/aromatic N) is 2. The van der Waals surface area contributed by atoms with Gasteiger partial charge in [-0.05, 0) is 30.2 Å². The number of carbonyl (C=O) groups excluding carboxylic acids is 1. The molecule has 2 aromatic rings. The van der Waals surface area contributed by atoms with Crippen LogP contribution >= 0.6 is 0 Å². The monoisotopic (exact) mass is 367 g/mol. The van der Waals surface area contributed by atoms with Crippen molar-refractivity contribution in [3.8, 4) is 5.75 Å². The second-order valence-corrected chi connectivity index (χ2v) is 7.05. The molecule has 1 saturated heterocycles. The third kappa shape index (κ3) is 6.70. The van der Waals surface area contributed by atoms with Crippen LogP contribution in [-0.4, -0.2) is 61.6 Å². The van der Waals surface area contributed by atoms with Crippen LogP contribution in [0.3, 0.4) is 0 Å². The number of piperazine rings is 1. The fourth-order valence-corrected chi connectivity index (χ4v) is 3.22. The van der Waals surface area contributed by atoms with Gasteiger partial charge in [0, 0.05) is 39.3 Å². The number of amides is 1. The third-order valence-electron chi connectivity index (χ3n) is 4.83. The maximum Gasteiger partial charge on any atom is 0.234 e. The Hall–Kier alpha value is -2.37. The van der Waals surface area contributed by atoms with Crippen molar-refractivity contribution in [3.05, 3.63) is 65.7 Å². The number of nitrogens with one attached hydrogen (secondary N) is 1. The average Bonchev–Trinajstić information content (AvgIpc) is 2.69. The lowest BCUT2D eigenvalue weighted by Crippen LogP contribution is -2.50. The van der Waals surface area contributed by atoms with Crippen molar-refractivity contribution in [2.75, 3.05) is 45.9 Å². The van der Waals surface area contributed by atoms with Crippen LogP contribution in [0.1, 0.15) is 11.1 Å². The minimum Gasteiger partial charge on any atom is -0.492 e. The Labute approximate surface area is 161 Å². The van der Waals surface area contributed by atoms with Gasteiger partial charge in [-0.15, -0.1) is 0 Å². The van der Waals surface area contributed by atoms with E-state index in [0.29, 0.717) is 19.7 Å². The van der Waals surface area contributed by atoms with Gasteiger partial charge >= 0.3 is 0 Å². The molecule has 1 heterocycles. The van der Waals surface area contributed by atoms with Crippen LogP contribution in [0.25, 0.3) is 0 Å². The normalized spacial score (nSPS) is 15.4. The molecule has 1 fully saturated rings. The highest BCUT2D eigenvalue weighted by atomic mass is 16.5. The molecule has 0 saturated carbocycles. The lowest BCUT2D eigenvalue weighted by atomic mass is 10.2. The molecule has 1 aliphatic rings. The molecule has 144 valence electrons. The molecule has 0 bridgehead atoms. The van der Waals surface area contributed by atoms with Gasteiger partial charge < -0.3 is 10.1 Å². The largest absolute Gasteiger partial charge is 0.492 e. The first-order valence-corrected chi connectivity index (χ1v) is 9.64. The number of benzene rings is 2. The van der Waals surface area contributed by atoms with Crippen LogP contribution in [0.15, 0.2) is 54.6 Å². The van der Waals surface area contributed by atoms with E-state index in [4.69, 9.17) is 4.74 Å². The molecule has 1 amide bonds. The molecular formula is C22H29N3O2. The van der Waals surface area contributed by atoms with Crippen LogP contribution < -0.4 is 10.1 Å². The maximum atomic E-state index is 12.1. The van der Waals surface area contributed by atoms with E-state index in [1.54, 1.807) is 0 Å². The lowest BCUT2D eigenvalue weighted by Gasteiger charge is -2.34. The summed E-state index contributed by atoms with van der Waals surface area (Å²) in [5.41, 5.74) is 2.34. The van der Waals surface area contributed by atoms with Crippen LogP contribution in [0.2, 0.25) is 0 Å². The summed E-state index contributed by atoms with van der Waals surface area (Å²) in [6, 6.07) is 18.2. The standard InChI is InChI=1S/C22H29N3O2/c1-19-6-5-9-21(16-19)27-15-14-24-10-12-25(13-11-24)18-22(26)23-17-20-7-3-2-4-8-20/h2-9,16H,10-15,17-18H2,1H3,(H,23,26). The van der Waals surface area contributed by atoms with Gasteiger partial charge in [0.1, 0.15) is 12.4 Å². The molecule has 0 aromatic heterocycles. The first kappa shape index (κ1) is 19.4. The van der Waals surface area contributed by atoms with E-state index in [9.17, 15) is 4.79 Å². The summed E-state index contributed by atoms with van der Waals surface area (Å²) in [6.07, 6.45) is 0. The Morgan fingerprint density at radius 3 is 2.48 bits per heavy atom. The summed E-state index contributed by atoms with van der Waals surface area (Å²) in [5.74, 6) is 1.03.